The van der Waals surface area contributed by atoms with E-state index in [4.69, 9.17) is 37.0 Å². The number of ether oxygens (including phenoxy) is 4. The number of carbonyl (C=O) groups is 4. The Morgan fingerprint density at radius 3 is 0.890 bits per heavy atom. The smallest absolute Gasteiger partial charge is 0.462 e. The summed E-state index contributed by atoms with van der Waals surface area (Å²) in [5.41, 5.74) is 0. The lowest BCUT2D eigenvalue weighted by Gasteiger charge is -2.21. The standard InChI is InChI=1S/C81H154O17P2/c1-8-10-11-12-13-14-15-16-18-22-28-33-41-48-55-62-78(83)91-68-76(97-80(85)64-57-50-43-34-29-23-20-17-19-21-26-31-38-45-52-59-72(3)4)70-95-99(87,88)93-66-75(82)67-94-100(89,90)96-71-77(69-92-79(84)63-56-49-42-37-36-40-47-54-61-74(7)9-2)98-81(86)65-58-51-44-35-30-25-24-27-32-39-46-53-60-73(5)6/h14-16,18,72-77,82H,8-13,17,19-71H2,1-7H3,(H,87,88)(H,89,90)/b15-14-,18-16-/t74?,75-,76-,77-/m1/s1. The van der Waals surface area contributed by atoms with Crippen molar-refractivity contribution in [2.24, 2.45) is 17.8 Å². The molecule has 0 aromatic rings. The number of rotatable bonds is 77. The second kappa shape index (κ2) is 70.8. The molecule has 0 radical (unpaired) electrons. The van der Waals surface area contributed by atoms with Crippen molar-refractivity contribution in [3.63, 3.8) is 0 Å². The third-order valence-corrected chi connectivity index (χ3v) is 20.5. The Balaban J connectivity index is 5.30. The minimum atomic E-state index is -4.97. The molecular formula is C81H154O17P2. The van der Waals surface area contributed by atoms with Gasteiger partial charge in [-0.15, -0.1) is 0 Å². The van der Waals surface area contributed by atoms with E-state index in [0.717, 1.165) is 127 Å². The van der Waals surface area contributed by atoms with Gasteiger partial charge in [-0.1, -0.05) is 342 Å². The van der Waals surface area contributed by atoms with Crippen molar-refractivity contribution in [1.29, 1.82) is 0 Å². The second-order valence-corrected chi connectivity index (χ2v) is 32.6. The van der Waals surface area contributed by atoms with Crippen LogP contribution in [0.15, 0.2) is 24.3 Å². The molecule has 0 aliphatic heterocycles. The van der Waals surface area contributed by atoms with Gasteiger partial charge < -0.3 is 33.8 Å². The number of unbranched alkanes of at least 4 members (excludes halogenated alkanes) is 41. The Morgan fingerprint density at radius 1 is 0.330 bits per heavy atom. The molecule has 0 aliphatic carbocycles. The van der Waals surface area contributed by atoms with Gasteiger partial charge in [-0.3, -0.25) is 37.3 Å². The zero-order valence-corrected chi connectivity index (χ0v) is 66.9. The van der Waals surface area contributed by atoms with Gasteiger partial charge in [0.1, 0.15) is 19.3 Å². The van der Waals surface area contributed by atoms with Crippen LogP contribution in [0.1, 0.15) is 395 Å². The number of hydrogen-bond acceptors (Lipinski definition) is 15. The van der Waals surface area contributed by atoms with E-state index >= 15 is 0 Å². The molecule has 0 bridgehead atoms. The van der Waals surface area contributed by atoms with Crippen molar-refractivity contribution < 1.29 is 80.2 Å². The summed E-state index contributed by atoms with van der Waals surface area (Å²) in [6.07, 6.45) is 61.7. The minimum absolute atomic E-state index is 0.101. The monoisotopic (exact) mass is 1460 g/mol. The van der Waals surface area contributed by atoms with Crippen molar-refractivity contribution in [2.45, 2.75) is 414 Å². The Hall–Kier alpha value is -2.46. The molecule has 0 saturated carbocycles. The Bertz CT molecular complexity index is 2040. The maximum Gasteiger partial charge on any atom is 0.472 e. The van der Waals surface area contributed by atoms with Crippen molar-refractivity contribution in [3.05, 3.63) is 24.3 Å². The van der Waals surface area contributed by atoms with Gasteiger partial charge in [-0.25, -0.2) is 9.13 Å². The first-order valence-corrected chi connectivity index (χ1v) is 44.2. The fourth-order valence-electron chi connectivity index (χ4n) is 11.9. The van der Waals surface area contributed by atoms with Crippen LogP contribution in [0.5, 0.6) is 0 Å². The zero-order valence-electron chi connectivity index (χ0n) is 65.2. The topological polar surface area (TPSA) is 237 Å². The molecule has 17 nitrogen and oxygen atoms in total. The van der Waals surface area contributed by atoms with Crippen LogP contribution in [0.3, 0.4) is 0 Å². The van der Waals surface area contributed by atoms with E-state index < -0.39 is 97.5 Å². The van der Waals surface area contributed by atoms with Crippen LogP contribution >= 0.6 is 15.6 Å². The maximum atomic E-state index is 13.1. The van der Waals surface area contributed by atoms with Gasteiger partial charge in [0.15, 0.2) is 12.2 Å². The van der Waals surface area contributed by atoms with Crippen LogP contribution in [0.2, 0.25) is 0 Å². The molecule has 19 heteroatoms. The van der Waals surface area contributed by atoms with Crippen LogP contribution in [0.4, 0.5) is 0 Å². The predicted molar refractivity (Wildman–Crippen MR) is 409 cm³/mol. The number of hydrogen-bond donors (Lipinski definition) is 3. The number of phosphoric ester groups is 2. The van der Waals surface area contributed by atoms with Crippen LogP contribution in [-0.4, -0.2) is 96.7 Å². The van der Waals surface area contributed by atoms with E-state index in [1.807, 2.05) is 0 Å². The summed E-state index contributed by atoms with van der Waals surface area (Å²) in [5.74, 6) is 0.211. The highest BCUT2D eigenvalue weighted by Gasteiger charge is 2.30. The zero-order chi connectivity index (χ0) is 73.7. The normalized spacial score (nSPS) is 14.4. The highest BCUT2D eigenvalue weighted by molar-refractivity contribution is 7.47. The highest BCUT2D eigenvalue weighted by Crippen LogP contribution is 2.45. The molecule has 100 heavy (non-hydrogen) atoms. The third-order valence-electron chi connectivity index (χ3n) is 18.6. The summed E-state index contributed by atoms with van der Waals surface area (Å²) < 4.78 is 68.7. The lowest BCUT2D eigenvalue weighted by molar-refractivity contribution is -0.161. The van der Waals surface area contributed by atoms with Gasteiger partial charge in [0, 0.05) is 25.7 Å². The highest BCUT2D eigenvalue weighted by atomic mass is 31.2. The summed E-state index contributed by atoms with van der Waals surface area (Å²) in [7, 11) is -9.93. The summed E-state index contributed by atoms with van der Waals surface area (Å²) in [6.45, 7) is 11.9. The van der Waals surface area contributed by atoms with Crippen molar-refractivity contribution in [3.8, 4) is 0 Å². The van der Waals surface area contributed by atoms with Crippen molar-refractivity contribution in [2.75, 3.05) is 39.6 Å². The molecule has 0 saturated heterocycles. The SMILES string of the molecule is CCCCCC/C=C\C=C/CCCCCCCC(=O)OC[C@H](COP(=O)(O)OC[C@@H](O)COP(=O)(O)OC[C@@H](COC(=O)CCCCCCCCCCC(C)CC)OC(=O)CCCCCCCCCCCCCCC(C)C)OC(=O)CCCCCCCCCCCCCCCCCC(C)C. The van der Waals surface area contributed by atoms with E-state index in [2.05, 4.69) is 72.8 Å². The molecule has 0 spiro atoms. The van der Waals surface area contributed by atoms with Crippen LogP contribution < -0.4 is 0 Å². The Morgan fingerprint density at radius 2 is 0.590 bits per heavy atom. The van der Waals surface area contributed by atoms with Crippen molar-refractivity contribution >= 4 is 39.5 Å². The Kier molecular flexibility index (Phi) is 69.1. The van der Waals surface area contributed by atoms with E-state index in [-0.39, 0.29) is 25.7 Å². The van der Waals surface area contributed by atoms with E-state index in [1.165, 1.54) is 186 Å². The molecule has 0 heterocycles. The van der Waals surface area contributed by atoms with Gasteiger partial charge in [-0.05, 0) is 69.1 Å². The molecule has 0 amide bonds. The van der Waals surface area contributed by atoms with Gasteiger partial charge in [0.05, 0.1) is 26.4 Å². The number of allylic oxidation sites excluding steroid dienone is 4. The van der Waals surface area contributed by atoms with Gasteiger partial charge in [0.2, 0.25) is 0 Å². The molecule has 0 aromatic carbocycles. The molecule has 0 fully saturated rings. The molecule has 590 valence electrons. The van der Waals surface area contributed by atoms with E-state index in [9.17, 15) is 43.2 Å². The lowest BCUT2D eigenvalue weighted by Crippen LogP contribution is -2.30. The molecule has 0 aromatic heterocycles. The summed E-state index contributed by atoms with van der Waals surface area (Å²) in [4.78, 5) is 73.0. The molecule has 3 unspecified atom stereocenters. The van der Waals surface area contributed by atoms with Crippen LogP contribution in [0.25, 0.3) is 0 Å². The second-order valence-electron chi connectivity index (χ2n) is 29.7. The van der Waals surface area contributed by atoms with Gasteiger partial charge in [0.25, 0.3) is 0 Å². The van der Waals surface area contributed by atoms with Crippen LogP contribution in [-0.2, 0) is 65.4 Å². The molecule has 6 atom stereocenters. The molecular weight excluding hydrogens is 1310 g/mol. The number of aliphatic hydroxyl groups excluding tert-OH is 1. The quantitative estimate of drug-likeness (QED) is 0.0169. The van der Waals surface area contributed by atoms with E-state index in [1.54, 1.807) is 0 Å². The molecule has 0 rings (SSSR count). The fraction of sp³-hybridized carbons (Fsp3) is 0.901. The predicted octanol–water partition coefficient (Wildman–Crippen LogP) is 23.7. The van der Waals surface area contributed by atoms with Gasteiger partial charge in [-0.2, -0.15) is 0 Å². The maximum absolute atomic E-state index is 13.1. The number of aliphatic hydroxyl groups is 1. The largest absolute Gasteiger partial charge is 0.472 e. The van der Waals surface area contributed by atoms with Crippen LogP contribution in [0, 0.1) is 17.8 Å². The first kappa shape index (κ1) is 97.5. The summed E-state index contributed by atoms with van der Waals surface area (Å²) in [6, 6.07) is 0. The number of phosphoric acid groups is 2. The van der Waals surface area contributed by atoms with Crippen molar-refractivity contribution in [1.82, 2.24) is 0 Å². The molecule has 0 aliphatic rings. The first-order chi connectivity index (χ1) is 48.3. The Labute approximate surface area is 612 Å². The number of carbonyl (C=O) groups excluding carboxylic acids is 4. The average Bonchev–Trinajstić information content (AvgIpc) is 0.925. The fourth-order valence-corrected chi connectivity index (χ4v) is 13.5. The summed E-state index contributed by atoms with van der Waals surface area (Å²) in [5, 5.41) is 10.6. The molecule has 3 N–H and O–H groups in total. The summed E-state index contributed by atoms with van der Waals surface area (Å²) >= 11 is 0. The third kappa shape index (κ3) is 72.5. The van der Waals surface area contributed by atoms with E-state index in [0.29, 0.717) is 25.7 Å². The average molecular weight is 1460 g/mol. The number of esters is 4. The lowest BCUT2D eigenvalue weighted by atomic mass is 9.99. The van der Waals surface area contributed by atoms with Gasteiger partial charge >= 0.3 is 39.5 Å². The minimum Gasteiger partial charge on any atom is -0.462 e. The first-order valence-electron chi connectivity index (χ1n) is 41.2.